The molecule has 2 aliphatic carbocycles. The number of ketones is 1. The Morgan fingerprint density at radius 1 is 1.21 bits per heavy atom. The van der Waals surface area contributed by atoms with Crippen molar-refractivity contribution in [1.82, 2.24) is 0 Å². The third-order valence-corrected chi connectivity index (χ3v) is 7.23. The van der Waals surface area contributed by atoms with E-state index in [0.717, 1.165) is 12.0 Å². The van der Waals surface area contributed by atoms with Crippen LogP contribution in [0.2, 0.25) is 0 Å². The van der Waals surface area contributed by atoms with Gasteiger partial charge in [-0.1, -0.05) is 13.8 Å². The average Bonchev–Trinajstić information content (AvgIpc) is 2.91. The van der Waals surface area contributed by atoms with Crippen molar-refractivity contribution < 1.29 is 27.2 Å². The molecule has 0 radical (unpaired) electrons. The molecule has 1 N–H and O–H groups in total. The molecule has 2 aliphatic rings. The minimum atomic E-state index is -4.28. The van der Waals surface area contributed by atoms with E-state index in [2.05, 4.69) is 0 Å². The highest BCUT2D eigenvalue weighted by Crippen LogP contribution is 2.66. The highest BCUT2D eigenvalue weighted by atomic mass is 32.2. The van der Waals surface area contributed by atoms with Gasteiger partial charge in [0.15, 0.2) is 5.78 Å². The Labute approximate surface area is 166 Å². The van der Waals surface area contributed by atoms with Gasteiger partial charge in [0.2, 0.25) is 0 Å². The van der Waals surface area contributed by atoms with Gasteiger partial charge in [-0.25, -0.2) is 0 Å². The second kappa shape index (κ2) is 7.19. The van der Waals surface area contributed by atoms with Crippen molar-refractivity contribution in [2.24, 2.45) is 16.7 Å². The molecule has 3 rings (SSSR count). The lowest BCUT2D eigenvalue weighted by Crippen LogP contribution is -2.42. The van der Waals surface area contributed by atoms with Gasteiger partial charge in [-0.05, 0) is 62.3 Å². The summed E-state index contributed by atoms with van der Waals surface area (Å²) in [6, 6.07) is 5.48. The monoisotopic (exact) mass is 408 g/mol. The molecule has 0 saturated heterocycles. The lowest BCUT2D eigenvalue weighted by atomic mass is 9.70. The summed E-state index contributed by atoms with van der Waals surface area (Å²) < 4.78 is 44.1. The van der Waals surface area contributed by atoms with E-state index >= 15 is 0 Å². The van der Waals surface area contributed by atoms with Gasteiger partial charge in [0.25, 0.3) is 10.1 Å². The smallest absolute Gasteiger partial charge is 0.265 e. The average molecular weight is 409 g/mol. The molecule has 2 unspecified atom stereocenters. The molecule has 1 aromatic rings. The van der Waals surface area contributed by atoms with Crippen molar-refractivity contribution in [1.29, 1.82) is 0 Å². The molecule has 2 fully saturated rings. The molecule has 154 valence electrons. The molecular formula is C21H28O6S. The lowest BCUT2D eigenvalue weighted by molar-refractivity contribution is -0.125. The van der Waals surface area contributed by atoms with E-state index in [1.165, 1.54) is 0 Å². The minimum Gasteiger partial charge on any atom is -0.494 e. The fourth-order valence-electron chi connectivity index (χ4n) is 4.94. The van der Waals surface area contributed by atoms with E-state index < -0.39 is 26.7 Å². The van der Waals surface area contributed by atoms with Crippen molar-refractivity contribution in [3.63, 3.8) is 0 Å². The highest BCUT2D eigenvalue weighted by molar-refractivity contribution is 7.85. The van der Waals surface area contributed by atoms with Crippen LogP contribution in [0.5, 0.6) is 11.5 Å². The highest BCUT2D eigenvalue weighted by Gasteiger charge is 2.67. The zero-order chi connectivity index (χ0) is 20.7. The van der Waals surface area contributed by atoms with Gasteiger partial charge in [-0.15, -0.1) is 0 Å². The van der Waals surface area contributed by atoms with Crippen LogP contribution in [0, 0.1) is 16.7 Å². The molecule has 2 saturated carbocycles. The number of hydrogen-bond donors (Lipinski definition) is 1. The second-order valence-electron chi connectivity index (χ2n) is 8.12. The SMILES string of the molecule is CCOc1ccc(OCC)c(C=C2C(=O)C3(CS(=O)(=O)O)CCC2C3(C)C)c1. The van der Waals surface area contributed by atoms with E-state index in [9.17, 15) is 17.8 Å². The number of carbonyl (C=O) groups is 1. The normalized spacial score (nSPS) is 27.4. The minimum absolute atomic E-state index is 0.0630. The van der Waals surface area contributed by atoms with Crippen molar-refractivity contribution in [2.45, 2.75) is 40.5 Å². The molecule has 0 spiro atoms. The summed E-state index contributed by atoms with van der Waals surface area (Å²) in [6.45, 7) is 8.65. The van der Waals surface area contributed by atoms with Gasteiger partial charge in [-0.3, -0.25) is 9.35 Å². The third-order valence-electron chi connectivity index (χ3n) is 6.37. The number of fused-ring (bicyclic) bond motifs is 2. The predicted octanol–water partition coefficient (Wildman–Crippen LogP) is 3.76. The van der Waals surface area contributed by atoms with Crippen LogP contribution in [0.15, 0.2) is 23.8 Å². The van der Waals surface area contributed by atoms with E-state index in [-0.39, 0.29) is 11.7 Å². The number of ether oxygens (including phenoxy) is 2. The number of rotatable bonds is 7. The summed E-state index contributed by atoms with van der Waals surface area (Å²) in [5.41, 5.74) is -0.286. The Hall–Kier alpha value is -1.86. The molecule has 1 aromatic carbocycles. The standard InChI is InChI=1S/C21H28O6S/c1-5-26-15-7-8-18(27-6-2)14(11-15)12-16-17-9-10-21(19(16)22,20(17,3)4)13-28(23,24)25/h7-8,11-12,17H,5-6,9-10,13H2,1-4H3,(H,23,24,25). The van der Waals surface area contributed by atoms with Gasteiger partial charge in [-0.2, -0.15) is 8.42 Å². The molecule has 6 nitrogen and oxygen atoms in total. The Morgan fingerprint density at radius 3 is 2.50 bits per heavy atom. The summed E-state index contributed by atoms with van der Waals surface area (Å²) >= 11 is 0. The van der Waals surface area contributed by atoms with Gasteiger partial charge in [0.05, 0.1) is 24.4 Å². The first-order valence-electron chi connectivity index (χ1n) is 9.67. The summed E-state index contributed by atoms with van der Waals surface area (Å²) in [6.07, 6.45) is 3.00. The third kappa shape index (κ3) is 3.35. The fourth-order valence-corrected chi connectivity index (χ4v) is 6.21. The molecule has 7 heteroatoms. The summed E-state index contributed by atoms with van der Waals surface area (Å²) in [7, 11) is -4.28. The number of carbonyl (C=O) groups excluding carboxylic acids is 1. The topological polar surface area (TPSA) is 89.9 Å². The van der Waals surface area contributed by atoms with Gasteiger partial charge >= 0.3 is 0 Å². The first-order chi connectivity index (χ1) is 13.1. The lowest BCUT2D eigenvalue weighted by Gasteiger charge is -2.34. The molecule has 28 heavy (non-hydrogen) atoms. The number of Topliss-reactive ketones (excluding diaryl/α,β-unsaturated/α-hetero) is 1. The predicted molar refractivity (Wildman–Crippen MR) is 107 cm³/mol. The van der Waals surface area contributed by atoms with Gasteiger partial charge < -0.3 is 9.47 Å². The van der Waals surface area contributed by atoms with Crippen molar-refractivity contribution in [3.05, 3.63) is 29.3 Å². The number of benzene rings is 1. The Bertz CT molecular complexity index is 915. The van der Waals surface area contributed by atoms with E-state index in [1.54, 1.807) is 0 Å². The molecule has 2 bridgehead atoms. The van der Waals surface area contributed by atoms with Crippen molar-refractivity contribution in [3.8, 4) is 11.5 Å². The summed E-state index contributed by atoms with van der Waals surface area (Å²) in [5.74, 6) is 0.551. The van der Waals surface area contributed by atoms with E-state index in [1.807, 2.05) is 52.0 Å². The molecule has 2 atom stereocenters. The molecule has 0 heterocycles. The Morgan fingerprint density at radius 2 is 1.89 bits per heavy atom. The summed E-state index contributed by atoms with van der Waals surface area (Å²) in [4.78, 5) is 13.4. The molecule has 0 amide bonds. The molecule has 0 aromatic heterocycles. The first-order valence-corrected chi connectivity index (χ1v) is 11.3. The quantitative estimate of drug-likeness (QED) is 0.546. The van der Waals surface area contributed by atoms with Crippen LogP contribution in [0.25, 0.3) is 6.08 Å². The fraction of sp³-hybridized carbons (Fsp3) is 0.571. The van der Waals surface area contributed by atoms with Gasteiger partial charge in [0.1, 0.15) is 11.5 Å². The van der Waals surface area contributed by atoms with Crippen LogP contribution in [0.4, 0.5) is 0 Å². The number of hydrogen-bond acceptors (Lipinski definition) is 5. The zero-order valence-electron chi connectivity index (χ0n) is 16.8. The summed E-state index contributed by atoms with van der Waals surface area (Å²) in [5, 5.41) is 0. The van der Waals surface area contributed by atoms with Crippen LogP contribution in [0.1, 0.15) is 46.1 Å². The zero-order valence-corrected chi connectivity index (χ0v) is 17.6. The Balaban J connectivity index is 2.09. The van der Waals surface area contributed by atoms with Crippen molar-refractivity contribution >= 4 is 22.0 Å². The second-order valence-corrected chi connectivity index (χ2v) is 9.57. The van der Waals surface area contributed by atoms with Crippen LogP contribution < -0.4 is 9.47 Å². The largest absolute Gasteiger partial charge is 0.494 e. The van der Waals surface area contributed by atoms with Crippen LogP contribution in [-0.4, -0.2) is 37.7 Å². The van der Waals surface area contributed by atoms with Crippen LogP contribution in [-0.2, 0) is 14.9 Å². The Kier molecular flexibility index (Phi) is 5.36. The molecule has 0 aliphatic heterocycles. The van der Waals surface area contributed by atoms with Crippen LogP contribution in [0.3, 0.4) is 0 Å². The maximum Gasteiger partial charge on any atom is 0.265 e. The maximum absolute atomic E-state index is 13.4. The van der Waals surface area contributed by atoms with Crippen LogP contribution >= 0.6 is 0 Å². The molecular weight excluding hydrogens is 380 g/mol. The van der Waals surface area contributed by atoms with E-state index in [0.29, 0.717) is 36.7 Å². The van der Waals surface area contributed by atoms with Gasteiger partial charge in [0, 0.05) is 11.1 Å². The van der Waals surface area contributed by atoms with Crippen molar-refractivity contribution in [2.75, 3.05) is 19.0 Å². The number of allylic oxidation sites excluding steroid dienone is 1. The van der Waals surface area contributed by atoms with E-state index in [4.69, 9.17) is 9.47 Å². The maximum atomic E-state index is 13.4. The first kappa shape index (κ1) is 20.9.